The normalized spacial score (nSPS) is 14.1. The molecule has 0 saturated heterocycles. The van der Waals surface area contributed by atoms with Gasteiger partial charge in [-0.05, 0) is 69.4 Å². The fourth-order valence-electron chi connectivity index (χ4n) is 3.58. The van der Waals surface area contributed by atoms with Crippen molar-refractivity contribution in [1.82, 2.24) is 14.8 Å². The minimum Gasteiger partial charge on any atom is -0.358 e. The molecule has 0 spiro atoms. The molecule has 0 unspecified atom stereocenters. The highest BCUT2D eigenvalue weighted by Crippen LogP contribution is 2.31. The highest BCUT2D eigenvalue weighted by molar-refractivity contribution is 6.04. The minimum absolute atomic E-state index is 0.120. The van der Waals surface area contributed by atoms with Crippen molar-refractivity contribution in [2.24, 2.45) is 0 Å². The summed E-state index contributed by atoms with van der Waals surface area (Å²) in [6, 6.07) is 8.01. The molecule has 1 aromatic carbocycles. The molecule has 0 radical (unpaired) electrons. The Morgan fingerprint density at radius 3 is 2.92 bits per heavy atom. The third-order valence-electron chi connectivity index (χ3n) is 4.75. The van der Waals surface area contributed by atoms with Crippen molar-refractivity contribution in [3.05, 3.63) is 47.4 Å². The number of fused-ring (bicyclic) bond motifs is 3. The molecular formula is C19H22N4O. The third kappa shape index (κ3) is 2.50. The summed E-state index contributed by atoms with van der Waals surface area (Å²) in [6.07, 6.45) is 6.40. The topological polar surface area (TPSA) is 62.7 Å². The van der Waals surface area contributed by atoms with Gasteiger partial charge in [-0.25, -0.2) is 0 Å². The number of benzene rings is 1. The van der Waals surface area contributed by atoms with Crippen LogP contribution in [0.15, 0.2) is 30.5 Å². The van der Waals surface area contributed by atoms with Gasteiger partial charge in [0.15, 0.2) is 0 Å². The predicted molar refractivity (Wildman–Crippen MR) is 95.5 cm³/mol. The summed E-state index contributed by atoms with van der Waals surface area (Å²) >= 11 is 0. The van der Waals surface area contributed by atoms with E-state index in [1.165, 1.54) is 29.5 Å². The van der Waals surface area contributed by atoms with Crippen molar-refractivity contribution in [2.75, 3.05) is 5.32 Å². The van der Waals surface area contributed by atoms with Gasteiger partial charge >= 0.3 is 0 Å². The third-order valence-corrected chi connectivity index (χ3v) is 4.75. The highest BCUT2D eigenvalue weighted by Gasteiger charge is 2.17. The minimum atomic E-state index is -0.120. The number of H-pyrrole nitrogens is 1. The average Bonchev–Trinajstić information content (AvgIpc) is 3.19. The van der Waals surface area contributed by atoms with Crippen LogP contribution in [0.5, 0.6) is 0 Å². The Bertz CT molecular complexity index is 903. The molecule has 4 rings (SSSR count). The summed E-state index contributed by atoms with van der Waals surface area (Å²) in [5.41, 5.74) is 5.35. The van der Waals surface area contributed by atoms with E-state index in [9.17, 15) is 4.79 Å². The maximum Gasteiger partial charge on any atom is 0.273 e. The molecule has 2 heterocycles. The van der Waals surface area contributed by atoms with E-state index >= 15 is 0 Å². The molecule has 0 aliphatic heterocycles. The molecule has 3 aromatic rings. The lowest BCUT2D eigenvalue weighted by Crippen LogP contribution is -2.18. The van der Waals surface area contributed by atoms with Crippen LogP contribution in [0.1, 0.15) is 54.5 Å². The van der Waals surface area contributed by atoms with Crippen LogP contribution in [0.3, 0.4) is 0 Å². The van der Waals surface area contributed by atoms with E-state index in [1.807, 2.05) is 19.9 Å². The number of hydrogen-bond acceptors (Lipinski definition) is 2. The van der Waals surface area contributed by atoms with Crippen LogP contribution >= 0.6 is 0 Å². The van der Waals surface area contributed by atoms with Gasteiger partial charge in [0, 0.05) is 34.5 Å². The first-order chi connectivity index (χ1) is 11.6. The SMILES string of the molecule is CC(C)n1nccc1C(=O)Nc1ccc2[nH]c3c(c2c1)CCCC3. The molecule has 24 heavy (non-hydrogen) atoms. The van der Waals surface area contributed by atoms with Gasteiger partial charge in [-0.15, -0.1) is 0 Å². The van der Waals surface area contributed by atoms with E-state index in [-0.39, 0.29) is 11.9 Å². The Kier molecular flexibility index (Phi) is 3.63. The number of rotatable bonds is 3. The van der Waals surface area contributed by atoms with Crippen LogP contribution in [-0.4, -0.2) is 20.7 Å². The lowest BCUT2D eigenvalue weighted by molar-refractivity contribution is 0.101. The van der Waals surface area contributed by atoms with E-state index in [2.05, 4.69) is 27.5 Å². The Morgan fingerprint density at radius 1 is 1.25 bits per heavy atom. The van der Waals surface area contributed by atoms with Crippen LogP contribution < -0.4 is 5.32 Å². The number of aryl methyl sites for hydroxylation is 2. The molecule has 0 atom stereocenters. The van der Waals surface area contributed by atoms with Gasteiger partial charge < -0.3 is 10.3 Å². The fourth-order valence-corrected chi connectivity index (χ4v) is 3.58. The molecule has 0 saturated carbocycles. The average molecular weight is 322 g/mol. The zero-order valence-electron chi connectivity index (χ0n) is 14.1. The number of anilines is 1. The van der Waals surface area contributed by atoms with Crippen LogP contribution in [0.4, 0.5) is 5.69 Å². The van der Waals surface area contributed by atoms with Crippen molar-refractivity contribution in [2.45, 2.75) is 45.6 Å². The van der Waals surface area contributed by atoms with Gasteiger partial charge in [0.2, 0.25) is 0 Å². The van der Waals surface area contributed by atoms with Gasteiger partial charge in [-0.3, -0.25) is 9.48 Å². The Balaban J connectivity index is 1.65. The molecular weight excluding hydrogens is 300 g/mol. The van der Waals surface area contributed by atoms with Crippen LogP contribution in [0.2, 0.25) is 0 Å². The first kappa shape index (κ1) is 15.0. The maximum atomic E-state index is 12.6. The van der Waals surface area contributed by atoms with Gasteiger partial charge in [0.25, 0.3) is 5.91 Å². The summed E-state index contributed by atoms with van der Waals surface area (Å²) in [4.78, 5) is 16.1. The standard InChI is InChI=1S/C19H22N4O/c1-12(2)23-18(9-10-20-23)19(24)21-13-7-8-17-15(11-13)14-5-3-4-6-16(14)22-17/h7-12,22H,3-6H2,1-2H3,(H,21,24). The first-order valence-corrected chi connectivity index (χ1v) is 8.62. The van der Waals surface area contributed by atoms with Crippen molar-refractivity contribution < 1.29 is 4.79 Å². The van der Waals surface area contributed by atoms with Gasteiger partial charge in [0.1, 0.15) is 5.69 Å². The number of carbonyl (C=O) groups is 1. The number of nitrogens with one attached hydrogen (secondary N) is 2. The predicted octanol–water partition coefficient (Wildman–Crippen LogP) is 4.08. The Labute approximate surface area is 141 Å². The Morgan fingerprint density at radius 2 is 2.08 bits per heavy atom. The molecule has 1 aliphatic carbocycles. The van der Waals surface area contributed by atoms with E-state index in [0.29, 0.717) is 5.69 Å². The van der Waals surface area contributed by atoms with Crippen LogP contribution in [0, 0.1) is 0 Å². The fraction of sp³-hybridized carbons (Fsp3) is 0.368. The monoisotopic (exact) mass is 322 g/mol. The maximum absolute atomic E-state index is 12.6. The second-order valence-electron chi connectivity index (χ2n) is 6.76. The van der Waals surface area contributed by atoms with E-state index in [0.717, 1.165) is 24.0 Å². The number of nitrogens with zero attached hydrogens (tertiary/aromatic N) is 2. The molecule has 5 heteroatoms. The summed E-state index contributed by atoms with van der Waals surface area (Å²) in [6.45, 7) is 4.03. The lowest BCUT2D eigenvalue weighted by atomic mass is 9.95. The van der Waals surface area contributed by atoms with Gasteiger partial charge in [-0.1, -0.05) is 0 Å². The van der Waals surface area contributed by atoms with Crippen LogP contribution in [0.25, 0.3) is 10.9 Å². The van der Waals surface area contributed by atoms with Gasteiger partial charge in [-0.2, -0.15) is 5.10 Å². The van der Waals surface area contributed by atoms with E-state index < -0.39 is 0 Å². The van der Waals surface area contributed by atoms with Crippen molar-refractivity contribution in [3.63, 3.8) is 0 Å². The molecule has 0 bridgehead atoms. The first-order valence-electron chi connectivity index (χ1n) is 8.62. The zero-order valence-corrected chi connectivity index (χ0v) is 14.1. The summed E-state index contributed by atoms with van der Waals surface area (Å²) < 4.78 is 1.74. The summed E-state index contributed by atoms with van der Waals surface area (Å²) in [5.74, 6) is -0.120. The number of carbonyl (C=O) groups excluding carboxylic acids is 1. The zero-order chi connectivity index (χ0) is 16.7. The quantitative estimate of drug-likeness (QED) is 0.763. The number of aromatic nitrogens is 3. The second kappa shape index (κ2) is 5.82. The number of amides is 1. The van der Waals surface area contributed by atoms with Gasteiger partial charge in [0.05, 0.1) is 0 Å². The molecule has 2 aromatic heterocycles. The Hall–Kier alpha value is -2.56. The summed E-state index contributed by atoms with van der Waals surface area (Å²) in [5, 5.41) is 8.48. The number of aromatic amines is 1. The van der Waals surface area contributed by atoms with Crippen LogP contribution in [-0.2, 0) is 12.8 Å². The van der Waals surface area contributed by atoms with Crippen molar-refractivity contribution >= 4 is 22.5 Å². The molecule has 0 fully saturated rings. The highest BCUT2D eigenvalue weighted by atomic mass is 16.2. The summed E-state index contributed by atoms with van der Waals surface area (Å²) in [7, 11) is 0. The van der Waals surface area contributed by atoms with Crippen molar-refractivity contribution in [3.8, 4) is 0 Å². The molecule has 124 valence electrons. The van der Waals surface area contributed by atoms with E-state index in [4.69, 9.17) is 0 Å². The lowest BCUT2D eigenvalue weighted by Gasteiger charge is -2.12. The molecule has 2 N–H and O–H groups in total. The second-order valence-corrected chi connectivity index (χ2v) is 6.76. The molecule has 5 nitrogen and oxygen atoms in total. The van der Waals surface area contributed by atoms with E-state index in [1.54, 1.807) is 16.9 Å². The largest absolute Gasteiger partial charge is 0.358 e. The molecule has 1 aliphatic rings. The number of hydrogen-bond donors (Lipinski definition) is 2. The van der Waals surface area contributed by atoms with Crippen molar-refractivity contribution in [1.29, 1.82) is 0 Å². The molecule has 1 amide bonds. The smallest absolute Gasteiger partial charge is 0.273 e.